The lowest BCUT2D eigenvalue weighted by molar-refractivity contribution is -0.384. The molecule has 8 rings (SSSR count). The number of nitro groups is 1. The van der Waals surface area contributed by atoms with Crippen molar-refractivity contribution in [2.75, 3.05) is 36.8 Å². The Bertz CT molecular complexity index is 2960. The lowest BCUT2D eigenvalue weighted by atomic mass is 10.1. The summed E-state index contributed by atoms with van der Waals surface area (Å²) >= 11 is 20.2. The number of nitrogens with zero attached hydrogens (tertiary/aromatic N) is 3. The Kier molecular flexibility index (Phi) is 17.2. The first-order valence-corrected chi connectivity index (χ1v) is 27.0. The van der Waals surface area contributed by atoms with Crippen molar-refractivity contribution in [3.05, 3.63) is 167 Å². The summed E-state index contributed by atoms with van der Waals surface area (Å²) in [5.74, 6) is -0.709. The van der Waals surface area contributed by atoms with Crippen LogP contribution in [-0.2, 0) is 33.1 Å². The van der Waals surface area contributed by atoms with E-state index >= 15 is 0 Å². The van der Waals surface area contributed by atoms with Gasteiger partial charge in [0.25, 0.3) is 37.5 Å². The maximum absolute atomic E-state index is 13.1. The molecule has 358 valence electrons. The maximum Gasteiger partial charge on any atom is 0.270 e. The summed E-state index contributed by atoms with van der Waals surface area (Å²) in [6, 6.07) is 33.9. The number of rotatable bonds is 15. The Morgan fingerprint density at radius 3 is 1.46 bits per heavy atom. The highest BCUT2D eigenvalue weighted by atomic mass is 35.5. The Hall–Kier alpha value is -5.09. The van der Waals surface area contributed by atoms with E-state index in [1.54, 1.807) is 54.6 Å². The summed E-state index contributed by atoms with van der Waals surface area (Å²) in [7, 11) is -7.20. The molecule has 0 aliphatic carbocycles. The van der Waals surface area contributed by atoms with E-state index in [0.29, 0.717) is 81.6 Å². The van der Waals surface area contributed by atoms with Crippen molar-refractivity contribution >= 4 is 106 Å². The van der Waals surface area contributed by atoms with Crippen LogP contribution in [0, 0.1) is 10.1 Å². The topological polar surface area (TPSA) is 200 Å². The van der Waals surface area contributed by atoms with Crippen LogP contribution in [0.4, 0.5) is 17.1 Å². The number of piperidine rings is 2. The number of non-ortho nitro benzene ring substituents is 1. The summed E-state index contributed by atoms with van der Waals surface area (Å²) in [6.07, 6.45) is 2.76. The van der Waals surface area contributed by atoms with Gasteiger partial charge in [0.05, 0.1) is 18.0 Å². The summed E-state index contributed by atoms with van der Waals surface area (Å²) in [6.45, 7) is 2.07. The van der Waals surface area contributed by atoms with Crippen LogP contribution in [0.5, 0.6) is 0 Å². The molecule has 2 saturated heterocycles. The van der Waals surface area contributed by atoms with Gasteiger partial charge in [0.1, 0.15) is 8.42 Å². The predicted octanol–water partition coefficient (Wildman–Crippen LogP) is 9.75. The van der Waals surface area contributed by atoms with Crippen molar-refractivity contribution in [3.63, 3.8) is 0 Å². The molecule has 2 aliphatic rings. The van der Waals surface area contributed by atoms with E-state index in [9.17, 15) is 36.5 Å². The van der Waals surface area contributed by atoms with Crippen LogP contribution in [-0.4, -0.2) is 80.4 Å². The molecular weight excluding hydrogens is 1010 g/mol. The number of nitro benzene ring substituents is 1. The van der Waals surface area contributed by atoms with Crippen molar-refractivity contribution in [2.24, 2.45) is 0 Å². The number of anilines is 2. The fraction of sp³-hybridized carbons (Fsp3) is 0.261. The summed E-state index contributed by atoms with van der Waals surface area (Å²) < 4.78 is 56.0. The number of nitrogens with one attached hydrogen (secondary N) is 4. The number of amides is 2. The minimum Gasteiger partial charge on any atom is -0.382 e. The zero-order valence-electron chi connectivity index (χ0n) is 36.1. The molecule has 0 unspecified atom stereocenters. The number of halogens is 3. The molecule has 68 heavy (non-hydrogen) atoms. The molecule has 4 aromatic carbocycles. The molecular formula is C46H46Cl3N7O8S4. The molecule has 2 amide bonds. The van der Waals surface area contributed by atoms with Gasteiger partial charge in [0.2, 0.25) is 0 Å². The second-order valence-electron chi connectivity index (χ2n) is 15.8. The van der Waals surface area contributed by atoms with Crippen LogP contribution in [0.15, 0.2) is 130 Å². The monoisotopic (exact) mass is 1060 g/mol. The van der Waals surface area contributed by atoms with E-state index in [2.05, 4.69) is 21.3 Å². The molecule has 0 bridgehead atoms. The molecule has 2 aliphatic heterocycles. The van der Waals surface area contributed by atoms with Gasteiger partial charge in [-0.1, -0.05) is 53.0 Å². The summed E-state index contributed by atoms with van der Waals surface area (Å²) in [5, 5.41) is 25.1. The standard InChI is InChI=1S/C23H23Cl2N3O3S2.C23H23ClN4O5S2/c24-17-6-4-16(5-7-17)23(29)26-15-21-8-9-22(32-21)33(30,31)28-12-10-19(11-13-28)27-20-3-1-2-18(25)14-20;24-17-4-2-5-19(14-17)26-18-9-11-27(12-10-18)35(32,33)22-8-7-21(34-22)15-25-23(29)16-3-1-6-20(13-16)28(30)31/h1-9,14,19,27H,10-13,15H2,(H,26,29);1-8,13-14,18,26H,9-12,15H2,(H,25,29). The smallest absolute Gasteiger partial charge is 0.270 e. The Morgan fingerprint density at radius 1 is 0.574 bits per heavy atom. The SMILES string of the molecule is O=C(NCc1ccc(S(=O)(=O)N2CCC(Nc3cccc(Cl)c3)CC2)s1)c1ccc(Cl)cc1.O=C(NCc1ccc(S(=O)(=O)N2CCC(Nc3cccc(Cl)c3)CC2)s1)c1cccc([N+](=O)[O-])c1. The molecule has 15 nitrogen and oxygen atoms in total. The number of carbonyl (C=O) groups excluding carboxylic acids is 2. The minimum atomic E-state index is -3.63. The van der Waals surface area contributed by atoms with Gasteiger partial charge in [0, 0.05) is 97.7 Å². The van der Waals surface area contributed by atoms with Crippen LogP contribution >= 0.6 is 57.5 Å². The first-order valence-electron chi connectivity index (χ1n) is 21.3. The van der Waals surface area contributed by atoms with Gasteiger partial charge in [-0.25, -0.2) is 16.8 Å². The number of carbonyl (C=O) groups is 2. The lowest BCUT2D eigenvalue weighted by Crippen LogP contribution is -2.42. The van der Waals surface area contributed by atoms with Crippen LogP contribution in [0.1, 0.15) is 56.2 Å². The molecule has 4 N–H and O–H groups in total. The molecule has 0 spiro atoms. The molecule has 0 atom stereocenters. The number of hydrogen-bond donors (Lipinski definition) is 4. The first-order chi connectivity index (χ1) is 32.5. The van der Waals surface area contributed by atoms with Crippen molar-refractivity contribution in [2.45, 2.75) is 59.3 Å². The average Bonchev–Trinajstić information content (AvgIpc) is 4.03. The van der Waals surface area contributed by atoms with Crippen LogP contribution < -0.4 is 21.3 Å². The van der Waals surface area contributed by atoms with Gasteiger partial charge in [-0.15, -0.1) is 22.7 Å². The van der Waals surface area contributed by atoms with Gasteiger partial charge < -0.3 is 21.3 Å². The second kappa shape index (κ2) is 23.0. The van der Waals surface area contributed by atoms with E-state index in [1.807, 2.05) is 42.5 Å². The molecule has 6 aromatic rings. The largest absolute Gasteiger partial charge is 0.382 e. The first kappa shape index (κ1) is 50.8. The molecule has 22 heteroatoms. The highest BCUT2D eigenvalue weighted by Crippen LogP contribution is 2.30. The summed E-state index contributed by atoms with van der Waals surface area (Å²) in [4.78, 5) is 36.4. The van der Waals surface area contributed by atoms with Gasteiger partial charge in [0.15, 0.2) is 0 Å². The number of hydrogen-bond acceptors (Lipinski definition) is 12. The fourth-order valence-electron chi connectivity index (χ4n) is 7.45. The Balaban J connectivity index is 0.000000202. The van der Waals surface area contributed by atoms with Gasteiger partial charge in [-0.2, -0.15) is 8.61 Å². The van der Waals surface area contributed by atoms with Crippen molar-refractivity contribution < 1.29 is 31.3 Å². The highest BCUT2D eigenvalue weighted by molar-refractivity contribution is 7.91. The van der Waals surface area contributed by atoms with Crippen molar-refractivity contribution in [3.8, 4) is 0 Å². The van der Waals surface area contributed by atoms with Crippen LogP contribution in [0.3, 0.4) is 0 Å². The Labute approximate surface area is 417 Å². The van der Waals surface area contributed by atoms with E-state index in [4.69, 9.17) is 34.8 Å². The van der Waals surface area contributed by atoms with E-state index in [0.717, 1.165) is 27.6 Å². The van der Waals surface area contributed by atoms with Crippen molar-refractivity contribution in [1.29, 1.82) is 0 Å². The van der Waals surface area contributed by atoms with Crippen LogP contribution in [0.25, 0.3) is 0 Å². The van der Waals surface area contributed by atoms with Crippen LogP contribution in [0.2, 0.25) is 15.1 Å². The maximum atomic E-state index is 13.1. The van der Waals surface area contributed by atoms with Gasteiger partial charge in [-0.3, -0.25) is 19.7 Å². The number of thiophene rings is 2. The number of benzene rings is 4. The van der Waals surface area contributed by atoms with Gasteiger partial charge in [-0.05, 0) is 117 Å². The zero-order valence-corrected chi connectivity index (χ0v) is 41.7. The predicted molar refractivity (Wildman–Crippen MR) is 269 cm³/mol. The molecule has 4 heterocycles. The molecule has 0 saturated carbocycles. The third-order valence-corrected chi connectivity index (χ3v) is 18.7. The Morgan fingerprint density at radius 2 is 1.01 bits per heavy atom. The van der Waals surface area contributed by atoms with Gasteiger partial charge >= 0.3 is 0 Å². The third-order valence-electron chi connectivity index (χ3n) is 11.0. The molecule has 2 fully saturated rings. The van der Waals surface area contributed by atoms with E-state index < -0.39 is 30.9 Å². The van der Waals surface area contributed by atoms with Crippen molar-refractivity contribution in [1.82, 2.24) is 19.2 Å². The normalized spacial score (nSPS) is 15.2. The zero-order chi connectivity index (χ0) is 48.4. The molecule has 2 aromatic heterocycles. The second-order valence-corrected chi connectivity index (χ2v) is 23.8. The van der Waals surface area contributed by atoms with E-state index in [-0.39, 0.29) is 46.5 Å². The minimum absolute atomic E-state index is 0.118. The lowest BCUT2D eigenvalue weighted by Gasteiger charge is -2.31. The third kappa shape index (κ3) is 13.6. The molecule has 0 radical (unpaired) electrons. The fourth-order valence-corrected chi connectivity index (χ4v) is 13.8. The summed E-state index contributed by atoms with van der Waals surface area (Å²) in [5.41, 5.74) is 2.34. The van der Waals surface area contributed by atoms with E-state index in [1.165, 1.54) is 44.2 Å². The quantitative estimate of drug-likeness (QED) is 0.0567. The number of sulfonamides is 2. The average molecular weight is 1060 g/mol. The highest BCUT2D eigenvalue weighted by Gasteiger charge is 2.32.